The average molecular weight is 353 g/mol. The number of rotatable bonds is 5. The molecule has 0 heterocycles. The third kappa shape index (κ3) is 3.99. The maximum absolute atomic E-state index is 13.4. The number of anilines is 1. The van der Waals surface area contributed by atoms with Crippen LogP contribution in [-0.4, -0.2) is 18.4 Å². The van der Waals surface area contributed by atoms with Crippen molar-refractivity contribution >= 4 is 17.4 Å². The van der Waals surface area contributed by atoms with Crippen LogP contribution in [0.2, 0.25) is 0 Å². The van der Waals surface area contributed by atoms with Crippen molar-refractivity contribution in [2.75, 3.05) is 11.9 Å². The number of nitrogens with one attached hydrogen (secondary N) is 1. The molecule has 0 unspecified atom stereocenters. The fraction of sp³-hybridized carbons (Fsp3) is 0.238. The normalized spacial score (nSPS) is 19.6. The fourth-order valence-corrected chi connectivity index (χ4v) is 3.24. The van der Waals surface area contributed by atoms with E-state index in [1.807, 2.05) is 30.3 Å². The topological polar surface area (TPSA) is 55.4 Å². The lowest BCUT2D eigenvalue weighted by Gasteiger charge is -2.29. The lowest BCUT2D eigenvalue weighted by atomic mass is 9.76. The zero-order valence-corrected chi connectivity index (χ0v) is 14.4. The summed E-state index contributed by atoms with van der Waals surface area (Å²) >= 11 is 0. The molecule has 0 saturated carbocycles. The monoisotopic (exact) mass is 353 g/mol. The summed E-state index contributed by atoms with van der Waals surface area (Å²) in [6, 6.07) is 15.5. The SMILES string of the molecule is CCOC(=O)[C@@H]1C(=O)C=C(Nc2cccc(F)c2)C[C@H]1c1ccccc1. The second kappa shape index (κ2) is 7.95. The fourth-order valence-electron chi connectivity index (χ4n) is 3.24. The van der Waals surface area contributed by atoms with Crippen LogP contribution in [-0.2, 0) is 14.3 Å². The Morgan fingerprint density at radius 3 is 2.65 bits per heavy atom. The Hall–Kier alpha value is -2.95. The van der Waals surface area contributed by atoms with Crippen LogP contribution in [0, 0.1) is 11.7 Å². The van der Waals surface area contributed by atoms with Crippen molar-refractivity contribution in [2.24, 2.45) is 5.92 Å². The molecule has 0 bridgehead atoms. The van der Waals surface area contributed by atoms with E-state index in [1.54, 1.807) is 19.1 Å². The van der Waals surface area contributed by atoms with Gasteiger partial charge < -0.3 is 10.1 Å². The highest BCUT2D eigenvalue weighted by atomic mass is 19.1. The number of esters is 1. The summed E-state index contributed by atoms with van der Waals surface area (Å²) in [5.41, 5.74) is 2.10. The third-order valence-electron chi connectivity index (χ3n) is 4.36. The van der Waals surface area contributed by atoms with E-state index in [0.29, 0.717) is 17.8 Å². The second-order valence-electron chi connectivity index (χ2n) is 6.16. The maximum Gasteiger partial charge on any atom is 0.317 e. The van der Waals surface area contributed by atoms with E-state index in [-0.39, 0.29) is 24.1 Å². The number of ketones is 1. The number of hydrogen-bond acceptors (Lipinski definition) is 4. The Balaban J connectivity index is 1.91. The van der Waals surface area contributed by atoms with Crippen LogP contribution >= 0.6 is 0 Å². The van der Waals surface area contributed by atoms with Crippen molar-refractivity contribution < 1.29 is 18.7 Å². The zero-order chi connectivity index (χ0) is 18.5. The van der Waals surface area contributed by atoms with E-state index in [1.165, 1.54) is 18.2 Å². The lowest BCUT2D eigenvalue weighted by molar-refractivity contribution is -0.151. The molecule has 1 aliphatic rings. The molecule has 0 aliphatic heterocycles. The molecule has 0 aromatic heterocycles. The molecule has 134 valence electrons. The lowest BCUT2D eigenvalue weighted by Crippen LogP contribution is -2.35. The molecule has 0 spiro atoms. The predicted octanol–water partition coefficient (Wildman–Crippen LogP) is 4.06. The van der Waals surface area contributed by atoms with Gasteiger partial charge in [-0.25, -0.2) is 4.39 Å². The van der Waals surface area contributed by atoms with Crippen LogP contribution in [0.3, 0.4) is 0 Å². The van der Waals surface area contributed by atoms with Gasteiger partial charge in [0.1, 0.15) is 11.7 Å². The number of carbonyl (C=O) groups excluding carboxylic acids is 2. The minimum Gasteiger partial charge on any atom is -0.465 e. The van der Waals surface area contributed by atoms with Crippen LogP contribution in [0.25, 0.3) is 0 Å². The highest BCUT2D eigenvalue weighted by molar-refractivity contribution is 6.07. The van der Waals surface area contributed by atoms with Gasteiger partial charge in [0.15, 0.2) is 5.78 Å². The first-order valence-corrected chi connectivity index (χ1v) is 8.57. The minimum atomic E-state index is -0.865. The molecule has 0 saturated heterocycles. The summed E-state index contributed by atoms with van der Waals surface area (Å²) in [7, 11) is 0. The number of hydrogen-bond donors (Lipinski definition) is 1. The number of carbonyl (C=O) groups is 2. The van der Waals surface area contributed by atoms with Gasteiger partial charge in [-0.1, -0.05) is 36.4 Å². The van der Waals surface area contributed by atoms with Crippen LogP contribution < -0.4 is 5.32 Å². The summed E-state index contributed by atoms with van der Waals surface area (Å²) in [4.78, 5) is 25.0. The average Bonchev–Trinajstić information content (AvgIpc) is 2.62. The largest absolute Gasteiger partial charge is 0.465 e. The predicted molar refractivity (Wildman–Crippen MR) is 97.0 cm³/mol. The van der Waals surface area contributed by atoms with E-state index in [2.05, 4.69) is 5.32 Å². The minimum absolute atomic E-state index is 0.224. The van der Waals surface area contributed by atoms with Gasteiger partial charge in [0.2, 0.25) is 0 Å². The van der Waals surface area contributed by atoms with E-state index in [0.717, 1.165) is 5.56 Å². The number of halogens is 1. The molecule has 4 nitrogen and oxygen atoms in total. The van der Waals surface area contributed by atoms with Gasteiger partial charge in [-0.2, -0.15) is 0 Å². The smallest absolute Gasteiger partial charge is 0.317 e. The van der Waals surface area contributed by atoms with Gasteiger partial charge in [-0.15, -0.1) is 0 Å². The number of ether oxygens (including phenoxy) is 1. The van der Waals surface area contributed by atoms with Crippen molar-refractivity contribution in [1.82, 2.24) is 0 Å². The Morgan fingerprint density at radius 2 is 1.96 bits per heavy atom. The molecule has 0 radical (unpaired) electrons. The van der Waals surface area contributed by atoms with Gasteiger partial charge in [0.05, 0.1) is 6.61 Å². The molecule has 26 heavy (non-hydrogen) atoms. The van der Waals surface area contributed by atoms with Crippen molar-refractivity contribution in [3.05, 3.63) is 77.8 Å². The Labute approximate surface area is 151 Å². The van der Waals surface area contributed by atoms with E-state index in [4.69, 9.17) is 4.74 Å². The van der Waals surface area contributed by atoms with E-state index in [9.17, 15) is 14.0 Å². The summed E-state index contributed by atoms with van der Waals surface area (Å²) in [6.45, 7) is 1.94. The zero-order valence-electron chi connectivity index (χ0n) is 14.4. The highest BCUT2D eigenvalue weighted by Gasteiger charge is 2.39. The van der Waals surface area contributed by atoms with Crippen molar-refractivity contribution in [1.29, 1.82) is 0 Å². The van der Waals surface area contributed by atoms with Gasteiger partial charge in [-0.3, -0.25) is 9.59 Å². The third-order valence-corrected chi connectivity index (χ3v) is 4.36. The molecular formula is C21H20FNO3. The molecular weight excluding hydrogens is 333 g/mol. The van der Waals surface area contributed by atoms with Gasteiger partial charge in [0, 0.05) is 23.4 Å². The van der Waals surface area contributed by atoms with Crippen LogP contribution in [0.1, 0.15) is 24.8 Å². The first-order valence-electron chi connectivity index (χ1n) is 8.57. The van der Waals surface area contributed by atoms with Crippen molar-refractivity contribution in [2.45, 2.75) is 19.3 Å². The Kier molecular flexibility index (Phi) is 5.46. The molecule has 0 amide bonds. The van der Waals surface area contributed by atoms with E-state index >= 15 is 0 Å². The molecule has 2 aromatic carbocycles. The van der Waals surface area contributed by atoms with Crippen molar-refractivity contribution in [3.63, 3.8) is 0 Å². The molecule has 1 N–H and O–H groups in total. The standard InChI is InChI=1S/C21H20FNO3/c1-2-26-21(25)20-18(14-7-4-3-5-8-14)12-17(13-19(20)24)23-16-10-6-9-15(22)11-16/h3-11,13,18,20,23H,2,12H2,1H3/t18-,20-/m0/s1. The van der Waals surface area contributed by atoms with Gasteiger partial charge in [0.25, 0.3) is 0 Å². The Morgan fingerprint density at radius 1 is 1.19 bits per heavy atom. The maximum atomic E-state index is 13.4. The summed E-state index contributed by atoms with van der Waals surface area (Å²) in [5.74, 6) is -2.36. The number of allylic oxidation sites excluding steroid dienone is 2. The molecule has 5 heteroatoms. The van der Waals surface area contributed by atoms with Gasteiger partial charge in [-0.05, 0) is 37.1 Å². The summed E-state index contributed by atoms with van der Waals surface area (Å²) in [6.07, 6.45) is 1.88. The Bertz CT molecular complexity index is 832. The first kappa shape index (κ1) is 17.9. The second-order valence-corrected chi connectivity index (χ2v) is 6.16. The molecule has 3 rings (SSSR count). The van der Waals surface area contributed by atoms with Gasteiger partial charge >= 0.3 is 5.97 Å². The highest BCUT2D eigenvalue weighted by Crippen LogP contribution is 2.37. The van der Waals surface area contributed by atoms with Crippen LogP contribution in [0.5, 0.6) is 0 Å². The van der Waals surface area contributed by atoms with Crippen LogP contribution in [0.15, 0.2) is 66.4 Å². The molecule has 2 atom stereocenters. The van der Waals surface area contributed by atoms with Crippen molar-refractivity contribution in [3.8, 4) is 0 Å². The summed E-state index contributed by atoms with van der Waals surface area (Å²) in [5, 5.41) is 3.09. The number of benzene rings is 2. The van der Waals surface area contributed by atoms with Crippen LogP contribution in [0.4, 0.5) is 10.1 Å². The first-order chi connectivity index (χ1) is 12.6. The quantitative estimate of drug-likeness (QED) is 0.651. The molecule has 2 aromatic rings. The summed E-state index contributed by atoms with van der Waals surface area (Å²) < 4.78 is 18.5. The molecule has 1 aliphatic carbocycles. The van der Waals surface area contributed by atoms with E-state index < -0.39 is 11.9 Å². The molecule has 0 fully saturated rings.